The fourth-order valence-corrected chi connectivity index (χ4v) is 2.16. The lowest BCUT2D eigenvalue weighted by atomic mass is 10.2. The van der Waals surface area contributed by atoms with Crippen molar-refractivity contribution >= 4 is 27.1 Å². The predicted molar refractivity (Wildman–Crippen MR) is 54.5 cm³/mol. The SMILES string of the molecule is COc1c(N)cc(O)c2sccc12. The molecule has 3 N–H and O–H groups in total. The molecule has 0 aliphatic heterocycles. The molecule has 0 amide bonds. The maximum Gasteiger partial charge on any atom is 0.150 e. The number of rotatable bonds is 1. The van der Waals surface area contributed by atoms with Crippen LogP contribution in [0, 0.1) is 0 Å². The number of nitrogen functional groups attached to an aromatic ring is 1. The number of anilines is 1. The molecular weight excluding hydrogens is 186 g/mol. The number of benzene rings is 1. The summed E-state index contributed by atoms with van der Waals surface area (Å²) in [6, 6.07) is 3.40. The van der Waals surface area contributed by atoms with E-state index >= 15 is 0 Å². The van der Waals surface area contributed by atoms with Crippen molar-refractivity contribution in [2.75, 3.05) is 12.8 Å². The molecular formula is C9H9NO2S. The molecule has 0 fully saturated rings. The zero-order valence-electron chi connectivity index (χ0n) is 7.07. The van der Waals surface area contributed by atoms with Crippen LogP contribution in [-0.2, 0) is 0 Å². The average molecular weight is 195 g/mol. The lowest BCUT2D eigenvalue weighted by Crippen LogP contribution is -1.92. The molecule has 0 unspecified atom stereocenters. The smallest absolute Gasteiger partial charge is 0.150 e. The first-order chi connectivity index (χ1) is 6.24. The van der Waals surface area contributed by atoms with Crippen LogP contribution in [-0.4, -0.2) is 12.2 Å². The highest BCUT2D eigenvalue weighted by atomic mass is 32.1. The number of phenolic OH excluding ortho intramolecular Hbond substituents is 1. The molecule has 1 aromatic carbocycles. The average Bonchev–Trinajstić information content (AvgIpc) is 2.53. The van der Waals surface area contributed by atoms with E-state index in [2.05, 4.69) is 0 Å². The first-order valence-electron chi connectivity index (χ1n) is 3.76. The number of nitrogens with two attached hydrogens (primary N) is 1. The molecule has 4 heteroatoms. The van der Waals surface area contributed by atoms with E-state index in [4.69, 9.17) is 10.5 Å². The molecule has 1 heterocycles. The number of thiophene rings is 1. The van der Waals surface area contributed by atoms with Gasteiger partial charge in [-0.2, -0.15) is 0 Å². The van der Waals surface area contributed by atoms with Gasteiger partial charge in [-0.15, -0.1) is 11.3 Å². The summed E-state index contributed by atoms with van der Waals surface area (Å²) in [7, 11) is 1.57. The highest BCUT2D eigenvalue weighted by Crippen LogP contribution is 2.40. The molecule has 68 valence electrons. The van der Waals surface area contributed by atoms with Crippen LogP contribution >= 0.6 is 11.3 Å². The molecule has 2 rings (SSSR count). The molecule has 1 aromatic heterocycles. The minimum absolute atomic E-state index is 0.211. The third-order valence-corrected chi connectivity index (χ3v) is 2.84. The number of aromatic hydroxyl groups is 1. The molecule has 0 saturated carbocycles. The van der Waals surface area contributed by atoms with Crippen molar-refractivity contribution in [3.8, 4) is 11.5 Å². The van der Waals surface area contributed by atoms with Crippen molar-refractivity contribution in [1.82, 2.24) is 0 Å². The van der Waals surface area contributed by atoms with Crippen LogP contribution in [0.15, 0.2) is 17.5 Å². The van der Waals surface area contributed by atoms with Gasteiger partial charge in [-0.1, -0.05) is 0 Å². The zero-order chi connectivity index (χ0) is 9.42. The van der Waals surface area contributed by atoms with E-state index in [1.807, 2.05) is 11.4 Å². The van der Waals surface area contributed by atoms with E-state index in [9.17, 15) is 5.11 Å². The van der Waals surface area contributed by atoms with Crippen LogP contribution in [0.3, 0.4) is 0 Å². The van der Waals surface area contributed by atoms with E-state index in [1.54, 1.807) is 7.11 Å². The molecule has 0 spiro atoms. The summed E-state index contributed by atoms with van der Waals surface area (Å²) in [4.78, 5) is 0. The largest absolute Gasteiger partial charge is 0.506 e. The Kier molecular flexibility index (Phi) is 1.77. The van der Waals surface area contributed by atoms with Crippen molar-refractivity contribution < 1.29 is 9.84 Å². The van der Waals surface area contributed by atoms with Crippen molar-refractivity contribution in [2.45, 2.75) is 0 Å². The lowest BCUT2D eigenvalue weighted by Gasteiger charge is -2.06. The van der Waals surface area contributed by atoms with Gasteiger partial charge < -0.3 is 15.6 Å². The summed E-state index contributed by atoms with van der Waals surface area (Å²) < 4.78 is 5.95. The molecule has 0 atom stereocenters. The summed E-state index contributed by atoms with van der Waals surface area (Å²) in [5.74, 6) is 0.845. The maximum atomic E-state index is 9.54. The summed E-state index contributed by atoms with van der Waals surface area (Å²) in [6.45, 7) is 0. The molecule has 3 nitrogen and oxygen atoms in total. The number of ether oxygens (including phenoxy) is 1. The molecule has 13 heavy (non-hydrogen) atoms. The number of methoxy groups -OCH3 is 1. The summed E-state index contributed by atoms with van der Waals surface area (Å²) in [5, 5.41) is 12.3. The molecule has 0 aliphatic carbocycles. The topological polar surface area (TPSA) is 55.5 Å². The van der Waals surface area contributed by atoms with Gasteiger partial charge >= 0.3 is 0 Å². The van der Waals surface area contributed by atoms with Crippen LogP contribution < -0.4 is 10.5 Å². The lowest BCUT2D eigenvalue weighted by molar-refractivity contribution is 0.420. The Morgan fingerprint density at radius 2 is 2.31 bits per heavy atom. The quantitative estimate of drug-likeness (QED) is 0.686. The Bertz CT molecular complexity index is 450. The van der Waals surface area contributed by atoms with E-state index < -0.39 is 0 Å². The highest BCUT2D eigenvalue weighted by molar-refractivity contribution is 7.17. The second kappa shape index (κ2) is 2.81. The Morgan fingerprint density at radius 3 is 3.00 bits per heavy atom. The van der Waals surface area contributed by atoms with Gasteiger partial charge in [-0.3, -0.25) is 0 Å². The molecule has 0 bridgehead atoms. The molecule has 2 aromatic rings. The Hall–Kier alpha value is -1.42. The van der Waals surface area contributed by atoms with Gasteiger partial charge in [0.25, 0.3) is 0 Å². The maximum absolute atomic E-state index is 9.54. The number of fused-ring (bicyclic) bond motifs is 1. The normalized spacial score (nSPS) is 10.5. The Balaban J connectivity index is 2.88. The molecule has 0 saturated heterocycles. The first kappa shape index (κ1) is 8.19. The molecule has 0 radical (unpaired) electrons. The third-order valence-electron chi connectivity index (χ3n) is 1.90. The fraction of sp³-hybridized carbons (Fsp3) is 0.111. The van der Waals surface area contributed by atoms with Crippen LogP contribution in [0.4, 0.5) is 5.69 Å². The van der Waals surface area contributed by atoms with Gasteiger partial charge in [0.2, 0.25) is 0 Å². The second-order valence-corrected chi connectivity index (χ2v) is 3.60. The van der Waals surface area contributed by atoms with Crippen molar-refractivity contribution in [1.29, 1.82) is 0 Å². The van der Waals surface area contributed by atoms with E-state index in [-0.39, 0.29) is 5.75 Å². The Morgan fingerprint density at radius 1 is 1.54 bits per heavy atom. The second-order valence-electron chi connectivity index (χ2n) is 2.68. The van der Waals surface area contributed by atoms with E-state index in [1.165, 1.54) is 17.4 Å². The van der Waals surface area contributed by atoms with Crippen molar-refractivity contribution in [3.63, 3.8) is 0 Å². The van der Waals surface area contributed by atoms with Crippen LogP contribution in [0.25, 0.3) is 10.1 Å². The van der Waals surface area contributed by atoms with E-state index in [0.717, 1.165) is 10.1 Å². The van der Waals surface area contributed by atoms with Gasteiger partial charge in [0.05, 0.1) is 17.5 Å². The third kappa shape index (κ3) is 1.10. The summed E-state index contributed by atoms with van der Waals surface area (Å²) in [6.07, 6.45) is 0. The van der Waals surface area contributed by atoms with Gasteiger partial charge in [0.1, 0.15) is 5.75 Å². The number of hydrogen-bond donors (Lipinski definition) is 2. The summed E-state index contributed by atoms with van der Waals surface area (Å²) >= 11 is 1.47. The minimum Gasteiger partial charge on any atom is -0.506 e. The van der Waals surface area contributed by atoms with Crippen LogP contribution in [0.5, 0.6) is 11.5 Å². The summed E-state index contributed by atoms with van der Waals surface area (Å²) in [5.41, 5.74) is 6.14. The van der Waals surface area contributed by atoms with Gasteiger partial charge in [0.15, 0.2) is 5.75 Å². The predicted octanol–water partition coefficient (Wildman–Crippen LogP) is 2.20. The minimum atomic E-state index is 0.211. The van der Waals surface area contributed by atoms with Crippen LogP contribution in [0.2, 0.25) is 0 Å². The van der Waals surface area contributed by atoms with Crippen LogP contribution in [0.1, 0.15) is 0 Å². The monoisotopic (exact) mass is 195 g/mol. The number of phenols is 1. The van der Waals surface area contributed by atoms with Gasteiger partial charge in [-0.05, 0) is 11.4 Å². The highest BCUT2D eigenvalue weighted by Gasteiger charge is 2.10. The zero-order valence-corrected chi connectivity index (χ0v) is 7.89. The van der Waals surface area contributed by atoms with E-state index in [0.29, 0.717) is 11.4 Å². The standard InChI is InChI=1S/C9H9NO2S/c1-12-8-5-2-3-13-9(5)7(11)4-6(8)10/h2-4,11H,10H2,1H3. The fourth-order valence-electron chi connectivity index (χ4n) is 1.35. The van der Waals surface area contributed by atoms with Crippen molar-refractivity contribution in [3.05, 3.63) is 17.5 Å². The Labute approximate surface area is 79.4 Å². The van der Waals surface area contributed by atoms with Gasteiger partial charge in [0, 0.05) is 11.5 Å². The number of hydrogen-bond acceptors (Lipinski definition) is 4. The van der Waals surface area contributed by atoms with Gasteiger partial charge in [-0.25, -0.2) is 0 Å². The first-order valence-corrected chi connectivity index (χ1v) is 4.64. The molecule has 0 aliphatic rings. The van der Waals surface area contributed by atoms with Crippen molar-refractivity contribution in [2.24, 2.45) is 0 Å².